The van der Waals surface area contributed by atoms with Crippen LogP contribution in [0.4, 0.5) is 0 Å². The molecule has 3 nitrogen and oxygen atoms in total. The summed E-state index contributed by atoms with van der Waals surface area (Å²) >= 11 is 7.84. The van der Waals surface area contributed by atoms with Crippen LogP contribution in [-0.2, 0) is 6.54 Å². The molecular formula is C13H16ClN3S. The zero-order chi connectivity index (χ0) is 12.8. The fourth-order valence-electron chi connectivity index (χ4n) is 1.55. The van der Waals surface area contributed by atoms with E-state index in [-0.39, 0.29) is 0 Å². The third-order valence-corrected chi connectivity index (χ3v) is 3.71. The smallest absolute Gasteiger partial charge is 0.170 e. The van der Waals surface area contributed by atoms with E-state index in [1.807, 2.05) is 12.3 Å². The summed E-state index contributed by atoms with van der Waals surface area (Å²) < 4.78 is 0. The largest absolute Gasteiger partial charge is 0.339 e. The van der Waals surface area contributed by atoms with Crippen LogP contribution in [0.3, 0.4) is 0 Å². The van der Waals surface area contributed by atoms with Crippen molar-refractivity contribution in [2.75, 3.05) is 6.54 Å². The van der Waals surface area contributed by atoms with E-state index in [2.05, 4.69) is 34.3 Å². The number of benzene rings is 1. The van der Waals surface area contributed by atoms with Crippen molar-refractivity contribution >= 4 is 23.4 Å². The quantitative estimate of drug-likeness (QED) is 0.793. The Morgan fingerprint density at radius 2 is 2.33 bits per heavy atom. The third kappa shape index (κ3) is 3.77. The zero-order valence-electron chi connectivity index (χ0n) is 10.2. The molecule has 2 aromatic rings. The lowest BCUT2D eigenvalue weighted by molar-refractivity contribution is 0.675. The van der Waals surface area contributed by atoms with Crippen LogP contribution < -0.4 is 5.32 Å². The molecule has 0 bridgehead atoms. The molecule has 1 heterocycles. The summed E-state index contributed by atoms with van der Waals surface area (Å²) in [7, 11) is 0. The van der Waals surface area contributed by atoms with Crippen molar-refractivity contribution < 1.29 is 0 Å². The van der Waals surface area contributed by atoms with Crippen LogP contribution in [-0.4, -0.2) is 16.5 Å². The van der Waals surface area contributed by atoms with Crippen LogP contribution >= 0.6 is 23.4 Å². The predicted octanol–water partition coefficient (Wildman–Crippen LogP) is 3.71. The fraction of sp³-hybridized carbons (Fsp3) is 0.308. The average Bonchev–Trinajstić information content (AvgIpc) is 2.85. The van der Waals surface area contributed by atoms with E-state index in [0.717, 1.165) is 40.1 Å². The maximum absolute atomic E-state index is 6.26. The predicted molar refractivity (Wildman–Crippen MR) is 76.2 cm³/mol. The molecule has 2 N–H and O–H groups in total. The maximum atomic E-state index is 6.26. The van der Waals surface area contributed by atoms with Gasteiger partial charge in [-0.15, -0.1) is 0 Å². The highest BCUT2D eigenvalue weighted by atomic mass is 35.5. The summed E-state index contributed by atoms with van der Waals surface area (Å²) in [5.41, 5.74) is 1.13. The molecule has 0 amide bonds. The molecule has 0 radical (unpaired) electrons. The topological polar surface area (TPSA) is 40.7 Å². The van der Waals surface area contributed by atoms with Crippen molar-refractivity contribution in [2.45, 2.75) is 29.9 Å². The second-order valence-electron chi connectivity index (χ2n) is 3.93. The highest BCUT2D eigenvalue weighted by molar-refractivity contribution is 7.99. The van der Waals surface area contributed by atoms with Crippen molar-refractivity contribution in [1.29, 1.82) is 0 Å². The number of imidazole rings is 1. The first kappa shape index (κ1) is 13.5. The van der Waals surface area contributed by atoms with Gasteiger partial charge in [0.05, 0.1) is 0 Å². The number of aromatic amines is 1. The van der Waals surface area contributed by atoms with Gasteiger partial charge in [0.2, 0.25) is 0 Å². The molecule has 0 unspecified atom stereocenters. The number of hydrogen-bond donors (Lipinski definition) is 2. The third-order valence-electron chi connectivity index (χ3n) is 2.45. The van der Waals surface area contributed by atoms with E-state index in [9.17, 15) is 0 Å². The Labute approximate surface area is 116 Å². The Morgan fingerprint density at radius 3 is 3.00 bits per heavy atom. The lowest BCUT2D eigenvalue weighted by Crippen LogP contribution is -2.13. The van der Waals surface area contributed by atoms with Crippen molar-refractivity contribution in [3.05, 3.63) is 41.2 Å². The second-order valence-corrected chi connectivity index (χ2v) is 5.40. The summed E-state index contributed by atoms with van der Waals surface area (Å²) in [6, 6.07) is 6.12. The number of aromatic nitrogens is 2. The average molecular weight is 282 g/mol. The number of nitrogens with zero attached hydrogens (tertiary/aromatic N) is 1. The molecule has 0 atom stereocenters. The molecule has 1 aromatic carbocycles. The SMILES string of the molecule is CCCNCc1ccc(Sc2ncc[nH]2)cc1Cl. The van der Waals surface area contributed by atoms with Gasteiger partial charge < -0.3 is 10.3 Å². The van der Waals surface area contributed by atoms with Gasteiger partial charge in [-0.05, 0) is 30.7 Å². The highest BCUT2D eigenvalue weighted by Crippen LogP contribution is 2.28. The molecule has 0 spiro atoms. The number of hydrogen-bond acceptors (Lipinski definition) is 3. The highest BCUT2D eigenvalue weighted by Gasteiger charge is 2.04. The normalized spacial score (nSPS) is 10.8. The van der Waals surface area contributed by atoms with Crippen LogP contribution in [0.2, 0.25) is 5.02 Å². The van der Waals surface area contributed by atoms with Gasteiger partial charge in [0.25, 0.3) is 0 Å². The van der Waals surface area contributed by atoms with Crippen LogP contribution in [0.5, 0.6) is 0 Å². The Hall–Kier alpha value is -0.970. The van der Waals surface area contributed by atoms with Gasteiger partial charge >= 0.3 is 0 Å². The van der Waals surface area contributed by atoms with Gasteiger partial charge in [0.1, 0.15) is 0 Å². The van der Waals surface area contributed by atoms with Crippen LogP contribution in [0, 0.1) is 0 Å². The van der Waals surface area contributed by atoms with Gasteiger partial charge in [0.15, 0.2) is 5.16 Å². The van der Waals surface area contributed by atoms with Crippen molar-refractivity contribution in [3.8, 4) is 0 Å². The van der Waals surface area contributed by atoms with E-state index >= 15 is 0 Å². The van der Waals surface area contributed by atoms with Crippen LogP contribution in [0.1, 0.15) is 18.9 Å². The zero-order valence-corrected chi connectivity index (χ0v) is 11.8. The van der Waals surface area contributed by atoms with E-state index in [1.165, 1.54) is 0 Å². The lowest BCUT2D eigenvalue weighted by atomic mass is 10.2. The molecule has 0 fully saturated rings. The van der Waals surface area contributed by atoms with Crippen molar-refractivity contribution in [1.82, 2.24) is 15.3 Å². The van der Waals surface area contributed by atoms with Gasteiger partial charge in [-0.25, -0.2) is 4.98 Å². The molecular weight excluding hydrogens is 266 g/mol. The summed E-state index contributed by atoms with van der Waals surface area (Å²) in [5.74, 6) is 0. The molecule has 2 rings (SSSR count). The molecule has 0 aliphatic carbocycles. The first-order valence-corrected chi connectivity index (χ1v) is 7.15. The van der Waals surface area contributed by atoms with Gasteiger partial charge in [-0.1, -0.05) is 36.4 Å². The number of H-pyrrole nitrogens is 1. The first-order valence-electron chi connectivity index (χ1n) is 5.96. The van der Waals surface area contributed by atoms with Crippen molar-refractivity contribution in [3.63, 3.8) is 0 Å². The molecule has 18 heavy (non-hydrogen) atoms. The molecule has 0 aliphatic rings. The molecule has 96 valence electrons. The first-order chi connectivity index (χ1) is 8.79. The van der Waals surface area contributed by atoms with Crippen molar-refractivity contribution in [2.24, 2.45) is 0 Å². The summed E-state index contributed by atoms with van der Waals surface area (Å²) in [4.78, 5) is 8.33. The minimum absolute atomic E-state index is 0.801. The Balaban J connectivity index is 2.00. The van der Waals surface area contributed by atoms with Crippen LogP contribution in [0.25, 0.3) is 0 Å². The number of nitrogens with one attached hydrogen (secondary N) is 2. The minimum Gasteiger partial charge on any atom is -0.339 e. The second kappa shape index (κ2) is 6.83. The Kier molecular flexibility index (Phi) is 5.11. The van der Waals surface area contributed by atoms with E-state index in [4.69, 9.17) is 11.6 Å². The monoisotopic (exact) mass is 281 g/mol. The lowest BCUT2D eigenvalue weighted by Gasteiger charge is -2.07. The Morgan fingerprint density at radius 1 is 1.44 bits per heavy atom. The van der Waals surface area contributed by atoms with Gasteiger partial charge in [0, 0.05) is 28.9 Å². The molecule has 5 heteroatoms. The standard InChI is InChI=1S/C13H16ClN3S/c1-2-5-15-9-10-3-4-11(8-12(10)14)18-13-16-6-7-17-13/h3-4,6-8,15H,2,5,9H2,1H3,(H,16,17). The summed E-state index contributed by atoms with van der Waals surface area (Å²) in [6.07, 6.45) is 4.68. The fourth-order valence-corrected chi connectivity index (χ4v) is 2.64. The molecule has 1 aromatic heterocycles. The number of halogens is 1. The maximum Gasteiger partial charge on any atom is 0.170 e. The van der Waals surface area contributed by atoms with E-state index < -0.39 is 0 Å². The van der Waals surface area contributed by atoms with Gasteiger partial charge in [-0.3, -0.25) is 0 Å². The van der Waals surface area contributed by atoms with Gasteiger partial charge in [-0.2, -0.15) is 0 Å². The summed E-state index contributed by atoms with van der Waals surface area (Å²) in [6.45, 7) is 3.98. The molecule has 0 saturated carbocycles. The molecule has 0 saturated heterocycles. The van der Waals surface area contributed by atoms with Crippen LogP contribution in [0.15, 0.2) is 40.6 Å². The van der Waals surface area contributed by atoms with E-state index in [0.29, 0.717) is 0 Å². The van der Waals surface area contributed by atoms with E-state index in [1.54, 1.807) is 18.0 Å². The summed E-state index contributed by atoms with van der Waals surface area (Å²) in [5, 5.41) is 5.03. The molecule has 0 aliphatic heterocycles. The Bertz CT molecular complexity index is 485. The number of rotatable bonds is 6. The minimum atomic E-state index is 0.801.